The Hall–Kier alpha value is -0.790. The van der Waals surface area contributed by atoms with Crippen LogP contribution in [0.5, 0.6) is 0 Å². The molecule has 1 rings (SSSR count). The van der Waals surface area contributed by atoms with Gasteiger partial charge in [-0.1, -0.05) is 13.0 Å². The fourth-order valence-corrected chi connectivity index (χ4v) is 1.38. The van der Waals surface area contributed by atoms with Crippen LogP contribution >= 0.6 is 0 Å². The summed E-state index contributed by atoms with van der Waals surface area (Å²) in [4.78, 5) is 13.1. The zero-order valence-corrected chi connectivity index (χ0v) is 7.21. The lowest BCUT2D eigenvalue weighted by Crippen LogP contribution is -2.26. The molecule has 0 aromatic rings. The molecule has 62 valence electrons. The summed E-state index contributed by atoms with van der Waals surface area (Å²) in [5, 5.41) is 0. The number of nitrogens with zero attached hydrogens (tertiary/aromatic N) is 1. The minimum Gasteiger partial charge on any atom is -0.339 e. The van der Waals surface area contributed by atoms with Gasteiger partial charge in [0.05, 0.1) is 0 Å². The Bertz CT molecular complexity index is 174. The summed E-state index contributed by atoms with van der Waals surface area (Å²) in [6.45, 7) is 5.92. The highest BCUT2D eigenvalue weighted by atomic mass is 16.2. The van der Waals surface area contributed by atoms with Crippen molar-refractivity contribution in [2.75, 3.05) is 13.1 Å². The summed E-state index contributed by atoms with van der Waals surface area (Å²) in [6.07, 6.45) is 4.59. The van der Waals surface area contributed by atoms with E-state index in [-0.39, 0.29) is 5.91 Å². The molecule has 1 saturated heterocycles. The maximum absolute atomic E-state index is 11.2. The smallest absolute Gasteiger partial charge is 0.246 e. The summed E-state index contributed by atoms with van der Waals surface area (Å²) in [6, 6.07) is 0. The predicted molar refractivity (Wildman–Crippen MR) is 45.2 cm³/mol. The Labute approximate surface area is 67.9 Å². The fourth-order valence-electron chi connectivity index (χ4n) is 1.38. The van der Waals surface area contributed by atoms with E-state index in [1.807, 2.05) is 11.8 Å². The molecule has 0 spiro atoms. The third kappa shape index (κ3) is 2.07. The highest BCUT2D eigenvalue weighted by molar-refractivity contribution is 5.87. The van der Waals surface area contributed by atoms with Gasteiger partial charge in [-0.25, -0.2) is 0 Å². The zero-order chi connectivity index (χ0) is 8.27. The standard InChI is InChI=1S/C9H15NO/c1-3-4-9(11)10-6-5-8(2)7-10/h3-4,8H,5-7H2,1-2H3/b4-3+/t8-/m1/s1. The van der Waals surface area contributed by atoms with Crippen molar-refractivity contribution in [2.45, 2.75) is 20.3 Å². The first kappa shape index (κ1) is 8.31. The first-order chi connectivity index (χ1) is 5.24. The molecule has 1 amide bonds. The minimum atomic E-state index is 0.164. The SMILES string of the molecule is C/C=C/C(=O)N1CC[C@@H](C)C1. The molecular weight excluding hydrogens is 138 g/mol. The molecule has 11 heavy (non-hydrogen) atoms. The Balaban J connectivity index is 2.43. The van der Waals surface area contributed by atoms with Crippen LogP contribution in [-0.4, -0.2) is 23.9 Å². The number of hydrogen-bond acceptors (Lipinski definition) is 1. The third-order valence-electron chi connectivity index (χ3n) is 2.04. The van der Waals surface area contributed by atoms with Crippen LogP contribution in [0.25, 0.3) is 0 Å². The number of amides is 1. The largest absolute Gasteiger partial charge is 0.339 e. The molecule has 1 heterocycles. The molecule has 0 bridgehead atoms. The van der Waals surface area contributed by atoms with Crippen LogP contribution in [-0.2, 0) is 4.79 Å². The van der Waals surface area contributed by atoms with Crippen molar-refractivity contribution in [3.63, 3.8) is 0 Å². The second-order valence-electron chi connectivity index (χ2n) is 3.18. The first-order valence-corrected chi connectivity index (χ1v) is 4.15. The van der Waals surface area contributed by atoms with Gasteiger partial charge in [0.1, 0.15) is 0 Å². The minimum absolute atomic E-state index is 0.164. The molecular formula is C9H15NO. The zero-order valence-electron chi connectivity index (χ0n) is 7.21. The summed E-state index contributed by atoms with van der Waals surface area (Å²) in [5.74, 6) is 0.848. The number of likely N-dealkylation sites (tertiary alicyclic amines) is 1. The van der Waals surface area contributed by atoms with E-state index in [1.54, 1.807) is 12.2 Å². The Kier molecular flexibility index (Phi) is 2.69. The van der Waals surface area contributed by atoms with Crippen molar-refractivity contribution >= 4 is 5.91 Å². The van der Waals surface area contributed by atoms with E-state index in [4.69, 9.17) is 0 Å². The molecule has 0 saturated carbocycles. The molecule has 0 aromatic heterocycles. The maximum Gasteiger partial charge on any atom is 0.246 e. The van der Waals surface area contributed by atoms with E-state index in [0.717, 1.165) is 19.5 Å². The normalized spacial score (nSPS) is 24.9. The molecule has 0 N–H and O–H groups in total. The first-order valence-electron chi connectivity index (χ1n) is 4.15. The van der Waals surface area contributed by atoms with Crippen LogP contribution in [0.4, 0.5) is 0 Å². The van der Waals surface area contributed by atoms with E-state index >= 15 is 0 Å². The van der Waals surface area contributed by atoms with Gasteiger partial charge in [0, 0.05) is 13.1 Å². The summed E-state index contributed by atoms with van der Waals surface area (Å²) in [7, 11) is 0. The molecule has 0 radical (unpaired) electrons. The fraction of sp³-hybridized carbons (Fsp3) is 0.667. The van der Waals surface area contributed by atoms with Crippen molar-refractivity contribution < 1.29 is 4.79 Å². The van der Waals surface area contributed by atoms with Gasteiger partial charge < -0.3 is 4.90 Å². The molecule has 1 aliphatic rings. The Morgan fingerprint density at radius 1 is 1.64 bits per heavy atom. The van der Waals surface area contributed by atoms with Gasteiger partial charge in [0.2, 0.25) is 5.91 Å². The average molecular weight is 153 g/mol. The molecule has 2 heteroatoms. The van der Waals surface area contributed by atoms with E-state index in [2.05, 4.69) is 6.92 Å². The number of carbonyl (C=O) groups is 1. The van der Waals surface area contributed by atoms with Gasteiger partial charge in [-0.15, -0.1) is 0 Å². The van der Waals surface area contributed by atoms with Crippen molar-refractivity contribution in [3.05, 3.63) is 12.2 Å². The van der Waals surface area contributed by atoms with Gasteiger partial charge in [0.15, 0.2) is 0 Å². The molecule has 0 aromatic carbocycles. The quantitative estimate of drug-likeness (QED) is 0.522. The maximum atomic E-state index is 11.2. The summed E-state index contributed by atoms with van der Waals surface area (Å²) < 4.78 is 0. The molecule has 0 aliphatic carbocycles. The van der Waals surface area contributed by atoms with Gasteiger partial charge in [0.25, 0.3) is 0 Å². The predicted octanol–water partition coefficient (Wildman–Crippen LogP) is 1.43. The van der Waals surface area contributed by atoms with Crippen molar-refractivity contribution in [2.24, 2.45) is 5.92 Å². The van der Waals surface area contributed by atoms with Gasteiger partial charge in [-0.3, -0.25) is 4.79 Å². The van der Waals surface area contributed by atoms with Gasteiger partial charge >= 0.3 is 0 Å². The van der Waals surface area contributed by atoms with Gasteiger partial charge in [-0.2, -0.15) is 0 Å². The molecule has 0 unspecified atom stereocenters. The van der Waals surface area contributed by atoms with Crippen molar-refractivity contribution in [1.29, 1.82) is 0 Å². The molecule has 1 fully saturated rings. The van der Waals surface area contributed by atoms with Crippen LogP contribution in [0.3, 0.4) is 0 Å². The topological polar surface area (TPSA) is 20.3 Å². The van der Waals surface area contributed by atoms with Crippen molar-refractivity contribution in [3.8, 4) is 0 Å². The van der Waals surface area contributed by atoms with Crippen LogP contribution in [0.15, 0.2) is 12.2 Å². The van der Waals surface area contributed by atoms with Crippen LogP contribution in [0.1, 0.15) is 20.3 Å². The molecule has 1 atom stereocenters. The molecule has 1 aliphatic heterocycles. The number of allylic oxidation sites excluding steroid dienone is 1. The lowest BCUT2D eigenvalue weighted by Gasteiger charge is -2.12. The number of hydrogen-bond donors (Lipinski definition) is 0. The van der Waals surface area contributed by atoms with E-state index in [1.165, 1.54) is 0 Å². The van der Waals surface area contributed by atoms with Crippen LogP contribution < -0.4 is 0 Å². The lowest BCUT2D eigenvalue weighted by molar-refractivity contribution is -0.125. The second kappa shape index (κ2) is 3.56. The number of carbonyl (C=O) groups excluding carboxylic acids is 1. The highest BCUT2D eigenvalue weighted by Gasteiger charge is 2.20. The highest BCUT2D eigenvalue weighted by Crippen LogP contribution is 2.14. The molecule has 2 nitrogen and oxygen atoms in total. The van der Waals surface area contributed by atoms with Crippen molar-refractivity contribution in [1.82, 2.24) is 4.90 Å². The van der Waals surface area contributed by atoms with E-state index in [9.17, 15) is 4.79 Å². The Morgan fingerprint density at radius 2 is 2.36 bits per heavy atom. The Morgan fingerprint density at radius 3 is 2.82 bits per heavy atom. The van der Waals surface area contributed by atoms with Gasteiger partial charge in [-0.05, 0) is 25.3 Å². The van der Waals surface area contributed by atoms with E-state index in [0.29, 0.717) is 5.92 Å². The van der Waals surface area contributed by atoms with E-state index < -0.39 is 0 Å². The average Bonchev–Trinajstić information content (AvgIpc) is 2.36. The third-order valence-corrected chi connectivity index (χ3v) is 2.04. The summed E-state index contributed by atoms with van der Waals surface area (Å²) in [5.41, 5.74) is 0. The second-order valence-corrected chi connectivity index (χ2v) is 3.18. The lowest BCUT2D eigenvalue weighted by atomic mass is 10.2. The van der Waals surface area contributed by atoms with Crippen LogP contribution in [0, 0.1) is 5.92 Å². The monoisotopic (exact) mass is 153 g/mol. The number of rotatable bonds is 1. The summed E-state index contributed by atoms with van der Waals surface area (Å²) >= 11 is 0. The van der Waals surface area contributed by atoms with Crippen LogP contribution in [0.2, 0.25) is 0 Å².